The van der Waals surface area contributed by atoms with Gasteiger partial charge in [0, 0.05) is 23.7 Å². The Kier molecular flexibility index (Phi) is 7.01. The highest BCUT2D eigenvalue weighted by Gasteiger charge is 2.14. The average Bonchev–Trinajstić information content (AvgIpc) is 2.82. The van der Waals surface area contributed by atoms with Crippen molar-refractivity contribution in [3.8, 4) is 34.6 Å². The van der Waals surface area contributed by atoms with Crippen molar-refractivity contribution in [2.45, 2.75) is 6.42 Å². The van der Waals surface area contributed by atoms with Gasteiger partial charge in [-0.05, 0) is 35.9 Å². The van der Waals surface area contributed by atoms with Crippen LogP contribution in [0.25, 0.3) is 11.3 Å². The van der Waals surface area contributed by atoms with Crippen LogP contribution in [0.5, 0.6) is 17.2 Å². The lowest BCUT2D eigenvalue weighted by Gasteiger charge is -2.14. The molecule has 1 N–H and O–H groups in total. The Balaban J connectivity index is 1.83. The molecule has 2 aromatic carbocycles. The average molecular weight is 418 g/mol. The van der Waals surface area contributed by atoms with Gasteiger partial charge in [-0.15, -0.1) is 0 Å². The molecule has 0 aliphatic rings. The first-order chi connectivity index (χ1) is 15.1. The number of ether oxygens (including phenoxy) is 3. The van der Waals surface area contributed by atoms with Crippen LogP contribution in [0.1, 0.15) is 21.7 Å². The number of nitrogens with one attached hydrogen (secondary N) is 1. The lowest BCUT2D eigenvalue weighted by atomic mass is 10.1. The molecule has 0 saturated carbocycles. The third-order valence-electron chi connectivity index (χ3n) is 4.56. The standard InChI is InChI=1S/C23H22N4O4/c1-29-19-12-15(13-20(30-2)22(19)31-3)14-21-25-10-8-18(27-21)16-4-6-17(7-5-16)23(28)26-11-9-24/h4-8,10,12-13H,11,14H2,1-3H3,(H,26,28). The molecular formula is C23H22N4O4. The molecule has 0 aliphatic heterocycles. The maximum absolute atomic E-state index is 11.9. The summed E-state index contributed by atoms with van der Waals surface area (Å²) in [6.07, 6.45) is 2.17. The highest BCUT2D eigenvalue weighted by atomic mass is 16.5. The molecule has 0 saturated heterocycles. The van der Waals surface area contributed by atoms with Crippen molar-refractivity contribution in [2.24, 2.45) is 0 Å². The van der Waals surface area contributed by atoms with Gasteiger partial charge in [0.2, 0.25) is 5.75 Å². The number of benzene rings is 2. The largest absolute Gasteiger partial charge is 0.493 e. The van der Waals surface area contributed by atoms with E-state index >= 15 is 0 Å². The molecule has 0 atom stereocenters. The first-order valence-corrected chi connectivity index (χ1v) is 9.46. The predicted octanol–water partition coefficient (Wildman–Crippen LogP) is 3.01. The molecule has 8 heteroatoms. The Morgan fingerprint density at radius 1 is 1.03 bits per heavy atom. The summed E-state index contributed by atoms with van der Waals surface area (Å²) in [5.74, 6) is 2.00. The van der Waals surface area contributed by atoms with Crippen LogP contribution < -0.4 is 19.5 Å². The van der Waals surface area contributed by atoms with Crippen LogP contribution in [-0.4, -0.2) is 43.7 Å². The van der Waals surface area contributed by atoms with Crippen LogP contribution in [0.2, 0.25) is 0 Å². The van der Waals surface area contributed by atoms with E-state index in [1.54, 1.807) is 39.7 Å². The van der Waals surface area contributed by atoms with Gasteiger partial charge in [-0.25, -0.2) is 9.97 Å². The molecule has 3 rings (SSSR count). The Hall–Kier alpha value is -4.12. The zero-order valence-corrected chi connectivity index (χ0v) is 17.5. The fourth-order valence-electron chi connectivity index (χ4n) is 3.08. The molecule has 8 nitrogen and oxygen atoms in total. The summed E-state index contributed by atoms with van der Waals surface area (Å²) in [4.78, 5) is 21.0. The van der Waals surface area contributed by atoms with Crippen molar-refractivity contribution in [3.05, 3.63) is 65.6 Å². The highest BCUT2D eigenvalue weighted by molar-refractivity contribution is 5.94. The van der Waals surface area contributed by atoms with Crippen molar-refractivity contribution >= 4 is 5.91 Å². The first-order valence-electron chi connectivity index (χ1n) is 9.46. The van der Waals surface area contributed by atoms with Gasteiger partial charge in [0.05, 0.1) is 33.1 Å². The minimum Gasteiger partial charge on any atom is -0.493 e. The minimum atomic E-state index is -0.293. The van der Waals surface area contributed by atoms with Gasteiger partial charge in [-0.1, -0.05) is 12.1 Å². The van der Waals surface area contributed by atoms with Crippen LogP contribution >= 0.6 is 0 Å². The second-order valence-electron chi connectivity index (χ2n) is 6.49. The van der Waals surface area contributed by atoms with Crippen LogP contribution in [0.4, 0.5) is 0 Å². The second-order valence-corrected chi connectivity index (χ2v) is 6.49. The van der Waals surface area contributed by atoms with E-state index in [2.05, 4.69) is 15.3 Å². The summed E-state index contributed by atoms with van der Waals surface area (Å²) in [7, 11) is 4.70. The highest BCUT2D eigenvalue weighted by Crippen LogP contribution is 2.38. The van der Waals surface area contributed by atoms with Crippen molar-refractivity contribution < 1.29 is 19.0 Å². The smallest absolute Gasteiger partial charge is 0.252 e. The molecular weight excluding hydrogens is 396 g/mol. The van der Waals surface area contributed by atoms with Gasteiger partial charge in [0.25, 0.3) is 5.91 Å². The summed E-state index contributed by atoms with van der Waals surface area (Å²) < 4.78 is 16.2. The lowest BCUT2D eigenvalue weighted by molar-refractivity contribution is 0.0958. The van der Waals surface area contributed by atoms with E-state index < -0.39 is 0 Å². The molecule has 1 aromatic heterocycles. The summed E-state index contributed by atoms with van der Waals surface area (Å²) in [6.45, 7) is -0.0310. The number of carbonyl (C=O) groups is 1. The van der Waals surface area contributed by atoms with Crippen molar-refractivity contribution in [2.75, 3.05) is 27.9 Å². The molecule has 3 aromatic rings. The fourth-order valence-corrected chi connectivity index (χ4v) is 3.08. The molecule has 0 aliphatic carbocycles. The van der Waals surface area contributed by atoms with E-state index in [4.69, 9.17) is 19.5 Å². The predicted molar refractivity (Wildman–Crippen MR) is 114 cm³/mol. The van der Waals surface area contributed by atoms with E-state index in [1.165, 1.54) is 0 Å². The molecule has 31 heavy (non-hydrogen) atoms. The normalized spacial score (nSPS) is 10.1. The molecule has 0 fully saturated rings. The number of carbonyl (C=O) groups excluding carboxylic acids is 1. The molecule has 158 valence electrons. The van der Waals surface area contributed by atoms with Gasteiger partial charge >= 0.3 is 0 Å². The number of rotatable bonds is 8. The zero-order chi connectivity index (χ0) is 22.2. The van der Waals surface area contributed by atoms with Crippen LogP contribution in [0, 0.1) is 11.3 Å². The zero-order valence-electron chi connectivity index (χ0n) is 17.5. The number of aromatic nitrogens is 2. The number of nitriles is 1. The van der Waals surface area contributed by atoms with E-state index in [1.807, 2.05) is 36.4 Å². The van der Waals surface area contributed by atoms with Crippen LogP contribution in [0.15, 0.2) is 48.7 Å². The monoisotopic (exact) mass is 418 g/mol. The fraction of sp³-hybridized carbons (Fsp3) is 0.217. The quantitative estimate of drug-likeness (QED) is 0.561. The number of nitrogens with zero attached hydrogens (tertiary/aromatic N) is 3. The number of amides is 1. The van der Waals surface area contributed by atoms with Crippen LogP contribution in [-0.2, 0) is 6.42 Å². The topological polar surface area (TPSA) is 106 Å². The molecule has 0 bridgehead atoms. The molecule has 1 amide bonds. The lowest BCUT2D eigenvalue weighted by Crippen LogP contribution is -2.23. The van der Waals surface area contributed by atoms with Crippen LogP contribution in [0.3, 0.4) is 0 Å². The van der Waals surface area contributed by atoms with Gasteiger partial charge in [0.1, 0.15) is 12.4 Å². The van der Waals surface area contributed by atoms with E-state index in [0.29, 0.717) is 35.1 Å². The van der Waals surface area contributed by atoms with Gasteiger partial charge in [-0.2, -0.15) is 5.26 Å². The molecule has 1 heterocycles. The Morgan fingerprint density at radius 3 is 2.29 bits per heavy atom. The third kappa shape index (κ3) is 5.08. The summed E-state index contributed by atoms with van der Waals surface area (Å²) in [5, 5.41) is 11.1. The van der Waals surface area contributed by atoms with Gasteiger partial charge in [-0.3, -0.25) is 4.79 Å². The Morgan fingerprint density at radius 2 is 1.71 bits per heavy atom. The molecule has 0 radical (unpaired) electrons. The Labute approximate surface area is 180 Å². The second kappa shape index (κ2) is 10.1. The summed E-state index contributed by atoms with van der Waals surface area (Å²) >= 11 is 0. The van der Waals surface area contributed by atoms with E-state index in [9.17, 15) is 4.79 Å². The SMILES string of the molecule is COc1cc(Cc2nccc(-c3ccc(C(=O)NCC#N)cc3)n2)cc(OC)c1OC. The molecule has 0 unspecified atom stereocenters. The van der Waals surface area contributed by atoms with Crippen molar-refractivity contribution in [3.63, 3.8) is 0 Å². The molecule has 0 spiro atoms. The van der Waals surface area contributed by atoms with Gasteiger partial charge in [0.15, 0.2) is 11.5 Å². The Bertz CT molecular complexity index is 1080. The van der Waals surface area contributed by atoms with Crippen molar-refractivity contribution in [1.29, 1.82) is 5.26 Å². The van der Waals surface area contributed by atoms with E-state index in [-0.39, 0.29) is 12.5 Å². The van der Waals surface area contributed by atoms with Crippen molar-refractivity contribution in [1.82, 2.24) is 15.3 Å². The van der Waals surface area contributed by atoms with Gasteiger partial charge < -0.3 is 19.5 Å². The number of hydrogen-bond acceptors (Lipinski definition) is 7. The summed E-state index contributed by atoms with van der Waals surface area (Å²) in [5.41, 5.74) is 2.98. The summed E-state index contributed by atoms with van der Waals surface area (Å²) in [6, 6.07) is 14.4. The number of methoxy groups -OCH3 is 3. The number of hydrogen-bond donors (Lipinski definition) is 1. The minimum absolute atomic E-state index is 0.0310. The van der Waals surface area contributed by atoms with E-state index in [0.717, 1.165) is 16.8 Å². The maximum Gasteiger partial charge on any atom is 0.252 e. The maximum atomic E-state index is 11.9. The third-order valence-corrected chi connectivity index (χ3v) is 4.56. The first kappa shape index (κ1) is 21.6.